The van der Waals surface area contributed by atoms with E-state index in [0.29, 0.717) is 37.0 Å². The van der Waals surface area contributed by atoms with Crippen LogP contribution in [0, 0.1) is 5.82 Å². The molecule has 1 aromatic carbocycles. The van der Waals surface area contributed by atoms with Crippen molar-refractivity contribution in [2.24, 2.45) is 0 Å². The summed E-state index contributed by atoms with van der Waals surface area (Å²) in [5.74, 6) is 0.430. The van der Waals surface area contributed by atoms with Gasteiger partial charge in [0.05, 0.1) is 18.3 Å². The second-order valence-corrected chi connectivity index (χ2v) is 6.04. The van der Waals surface area contributed by atoms with Gasteiger partial charge in [0, 0.05) is 20.6 Å². The van der Waals surface area contributed by atoms with Gasteiger partial charge in [-0.3, -0.25) is 9.69 Å². The van der Waals surface area contributed by atoms with Gasteiger partial charge < -0.3 is 14.3 Å². The second-order valence-electron chi connectivity index (χ2n) is 6.04. The third-order valence-corrected chi connectivity index (χ3v) is 4.09. The van der Waals surface area contributed by atoms with Gasteiger partial charge in [0.1, 0.15) is 5.82 Å². The minimum atomic E-state index is -0.387. The summed E-state index contributed by atoms with van der Waals surface area (Å²) in [5.41, 5.74) is 0.325. The van der Waals surface area contributed by atoms with Crippen molar-refractivity contribution in [3.05, 3.63) is 36.0 Å². The van der Waals surface area contributed by atoms with Gasteiger partial charge in [-0.25, -0.2) is 4.39 Å². The fraction of sp³-hybridized carbons (Fsp3) is 0.438. The summed E-state index contributed by atoms with van der Waals surface area (Å²) in [4.78, 5) is 22.0. The zero-order chi connectivity index (χ0) is 17.3. The molecule has 1 fully saturated rings. The number of benzene rings is 1. The van der Waals surface area contributed by atoms with Crippen molar-refractivity contribution in [1.29, 1.82) is 0 Å². The van der Waals surface area contributed by atoms with Gasteiger partial charge in [-0.2, -0.15) is 4.98 Å². The Kier molecular flexibility index (Phi) is 4.48. The van der Waals surface area contributed by atoms with Gasteiger partial charge in [-0.1, -0.05) is 12.1 Å². The second kappa shape index (κ2) is 6.56. The van der Waals surface area contributed by atoms with Gasteiger partial charge in [-0.15, -0.1) is 0 Å². The summed E-state index contributed by atoms with van der Waals surface area (Å²) in [6.07, 6.45) is 0.623. The van der Waals surface area contributed by atoms with Crippen LogP contribution in [0.1, 0.15) is 12.3 Å². The number of para-hydroxylation sites is 1. The molecule has 8 heteroatoms. The number of hydrogen-bond acceptors (Lipinski definition) is 6. The molecule has 1 saturated heterocycles. The van der Waals surface area contributed by atoms with Crippen molar-refractivity contribution in [3.63, 3.8) is 0 Å². The van der Waals surface area contributed by atoms with E-state index >= 15 is 0 Å². The number of amides is 1. The average Bonchev–Trinajstić information content (AvgIpc) is 3.15. The van der Waals surface area contributed by atoms with E-state index in [4.69, 9.17) is 4.52 Å². The van der Waals surface area contributed by atoms with Crippen LogP contribution in [0.5, 0.6) is 0 Å². The van der Waals surface area contributed by atoms with E-state index in [9.17, 15) is 9.18 Å². The lowest BCUT2D eigenvalue weighted by atomic mass is 10.2. The molecule has 0 unspecified atom stereocenters. The highest BCUT2D eigenvalue weighted by Crippen LogP contribution is 2.26. The minimum absolute atomic E-state index is 0.116. The van der Waals surface area contributed by atoms with E-state index in [2.05, 4.69) is 10.1 Å². The van der Waals surface area contributed by atoms with E-state index < -0.39 is 0 Å². The normalized spacial score (nSPS) is 17.8. The Morgan fingerprint density at radius 1 is 1.33 bits per heavy atom. The predicted octanol–water partition coefficient (Wildman–Crippen LogP) is 1.51. The Labute approximate surface area is 139 Å². The van der Waals surface area contributed by atoms with Gasteiger partial charge in [0.25, 0.3) is 5.95 Å². The summed E-state index contributed by atoms with van der Waals surface area (Å²) >= 11 is 0. The van der Waals surface area contributed by atoms with Gasteiger partial charge in [-0.05, 0) is 30.8 Å². The number of nitrogens with zero attached hydrogens (tertiary/aromatic N) is 5. The van der Waals surface area contributed by atoms with Gasteiger partial charge in [0.15, 0.2) is 0 Å². The van der Waals surface area contributed by atoms with E-state index in [1.165, 1.54) is 11.0 Å². The first-order valence-electron chi connectivity index (χ1n) is 7.73. The number of rotatable bonds is 5. The lowest BCUT2D eigenvalue weighted by molar-refractivity contribution is -0.121. The molecule has 1 aliphatic rings. The van der Waals surface area contributed by atoms with E-state index in [1.54, 1.807) is 23.1 Å². The maximum absolute atomic E-state index is 13.9. The highest BCUT2D eigenvalue weighted by Gasteiger charge is 2.36. The summed E-state index contributed by atoms with van der Waals surface area (Å²) in [7, 11) is 5.48. The van der Waals surface area contributed by atoms with Crippen LogP contribution in [-0.2, 0) is 11.3 Å². The zero-order valence-electron chi connectivity index (χ0n) is 13.9. The molecule has 24 heavy (non-hydrogen) atoms. The highest BCUT2D eigenvalue weighted by atomic mass is 19.1. The fourth-order valence-electron chi connectivity index (χ4n) is 2.80. The molecule has 2 heterocycles. The van der Waals surface area contributed by atoms with Crippen LogP contribution < -0.4 is 9.80 Å². The summed E-state index contributed by atoms with van der Waals surface area (Å²) < 4.78 is 19.1. The van der Waals surface area contributed by atoms with Crippen molar-refractivity contribution in [1.82, 2.24) is 15.0 Å². The van der Waals surface area contributed by atoms with E-state index in [0.717, 1.165) is 0 Å². The molecule has 0 bridgehead atoms. The van der Waals surface area contributed by atoms with Crippen LogP contribution in [-0.4, -0.2) is 54.7 Å². The minimum Gasteiger partial charge on any atom is -0.344 e. The zero-order valence-corrected chi connectivity index (χ0v) is 13.9. The maximum Gasteiger partial charge on any atom is 0.265 e. The molecule has 0 saturated carbocycles. The number of anilines is 2. The molecule has 0 radical (unpaired) electrons. The lowest BCUT2D eigenvalue weighted by Crippen LogP contribution is -2.39. The van der Waals surface area contributed by atoms with E-state index in [-0.39, 0.29) is 17.8 Å². The van der Waals surface area contributed by atoms with Gasteiger partial charge in [0.2, 0.25) is 11.8 Å². The van der Waals surface area contributed by atoms with Crippen LogP contribution in [0.3, 0.4) is 0 Å². The first kappa shape index (κ1) is 16.4. The molecule has 1 aliphatic heterocycles. The first-order chi connectivity index (χ1) is 11.5. The number of halogens is 1. The monoisotopic (exact) mass is 333 g/mol. The van der Waals surface area contributed by atoms with Crippen LogP contribution in [0.25, 0.3) is 0 Å². The molecule has 0 spiro atoms. The Morgan fingerprint density at radius 3 is 2.75 bits per heavy atom. The molecule has 1 amide bonds. The molecule has 1 atom stereocenters. The van der Waals surface area contributed by atoms with Crippen LogP contribution in [0.4, 0.5) is 16.0 Å². The molecule has 0 N–H and O–H groups in total. The molecule has 1 aromatic heterocycles. The Hall–Kier alpha value is -2.48. The summed E-state index contributed by atoms with van der Waals surface area (Å²) in [6, 6.07) is 5.99. The molecule has 7 nitrogen and oxygen atoms in total. The largest absolute Gasteiger partial charge is 0.344 e. The third kappa shape index (κ3) is 3.09. The maximum atomic E-state index is 13.9. The van der Waals surface area contributed by atoms with Gasteiger partial charge >= 0.3 is 0 Å². The Morgan fingerprint density at radius 2 is 2.08 bits per heavy atom. The standard InChI is InChI=1S/C16H20FN5O2/c1-20(2)16-18-14(24-19-16)10-21(3)13-8-9-22(15(13)23)12-7-5-4-6-11(12)17/h4-7,13H,8-10H2,1-3H3/t13-/m1/s1. The van der Waals surface area contributed by atoms with Crippen molar-refractivity contribution < 1.29 is 13.7 Å². The number of aromatic nitrogens is 2. The number of hydrogen-bond donors (Lipinski definition) is 0. The molecular formula is C16H20FN5O2. The predicted molar refractivity (Wildman–Crippen MR) is 87.3 cm³/mol. The van der Waals surface area contributed by atoms with Crippen LogP contribution in [0.15, 0.2) is 28.8 Å². The fourth-order valence-corrected chi connectivity index (χ4v) is 2.80. The molecular weight excluding hydrogens is 313 g/mol. The number of carbonyl (C=O) groups is 1. The number of carbonyl (C=O) groups excluding carboxylic acids is 1. The highest BCUT2D eigenvalue weighted by molar-refractivity contribution is 5.99. The van der Waals surface area contributed by atoms with Crippen molar-refractivity contribution in [2.75, 3.05) is 37.5 Å². The first-order valence-corrected chi connectivity index (χ1v) is 7.73. The average molecular weight is 333 g/mol. The van der Waals surface area contributed by atoms with Crippen molar-refractivity contribution >= 4 is 17.5 Å². The summed E-state index contributed by atoms with van der Waals surface area (Å²) in [6.45, 7) is 0.851. The molecule has 128 valence electrons. The summed E-state index contributed by atoms with van der Waals surface area (Å²) in [5, 5.41) is 3.86. The van der Waals surface area contributed by atoms with Crippen molar-refractivity contribution in [2.45, 2.75) is 19.0 Å². The Bertz CT molecular complexity index is 733. The van der Waals surface area contributed by atoms with Crippen LogP contribution >= 0.6 is 0 Å². The quantitative estimate of drug-likeness (QED) is 0.826. The lowest BCUT2D eigenvalue weighted by Gasteiger charge is -2.22. The smallest absolute Gasteiger partial charge is 0.265 e. The number of likely N-dealkylation sites (N-methyl/N-ethyl adjacent to an activating group) is 1. The van der Waals surface area contributed by atoms with Crippen molar-refractivity contribution in [3.8, 4) is 0 Å². The molecule has 3 rings (SSSR count). The SMILES string of the molecule is CN(C)c1noc(CN(C)[C@@H]2CCN(c3ccccc3F)C2=O)n1. The molecule has 0 aliphatic carbocycles. The van der Waals surface area contributed by atoms with E-state index in [1.807, 2.05) is 26.0 Å². The third-order valence-electron chi connectivity index (χ3n) is 4.09. The molecule has 2 aromatic rings. The topological polar surface area (TPSA) is 65.7 Å². The Balaban J connectivity index is 1.69. The van der Waals surface area contributed by atoms with Crippen LogP contribution in [0.2, 0.25) is 0 Å².